The van der Waals surface area contributed by atoms with Gasteiger partial charge >= 0.3 is 18.3 Å². The maximum atomic E-state index is 13.1. The van der Waals surface area contributed by atoms with Gasteiger partial charge in [0.05, 0.1) is 30.7 Å². The number of ether oxygens (including phenoxy) is 2. The number of benzene rings is 3. The van der Waals surface area contributed by atoms with Crippen LogP contribution in [0, 0.1) is 0 Å². The van der Waals surface area contributed by atoms with Gasteiger partial charge in [-0.05, 0) is 65.9 Å². The topological polar surface area (TPSA) is 50.8 Å². The molecule has 11 heteroatoms. The standard InChI is InChI=1S/C32H30F6N2O3/c1-42-25-14-8-22(9-15-25)30(43-29(41)18-21-6-12-24(13-7-21)32(36,37)38)27-19-40-16-2-3-28(40)26(39-27)17-20-4-10-23(11-5-20)31(33,34)35/h4-15,27,30,39H,2-3,16-19H2,1H3/t27-,30-/m1/s1. The summed E-state index contributed by atoms with van der Waals surface area (Å²) >= 11 is 0. The molecule has 5 rings (SSSR count). The summed E-state index contributed by atoms with van der Waals surface area (Å²) in [5, 5.41) is 3.52. The highest BCUT2D eigenvalue weighted by Gasteiger charge is 2.37. The fraction of sp³-hybridized carbons (Fsp3) is 0.344. The van der Waals surface area contributed by atoms with Crippen LogP contribution in [0.5, 0.6) is 5.75 Å². The fourth-order valence-corrected chi connectivity index (χ4v) is 5.54. The molecule has 2 atom stereocenters. The highest BCUT2D eigenvalue weighted by atomic mass is 19.4. The van der Waals surface area contributed by atoms with E-state index in [4.69, 9.17) is 9.47 Å². The number of halogens is 6. The lowest BCUT2D eigenvalue weighted by atomic mass is 9.97. The molecule has 0 aliphatic carbocycles. The van der Waals surface area contributed by atoms with E-state index in [1.165, 1.54) is 31.4 Å². The smallest absolute Gasteiger partial charge is 0.416 e. The summed E-state index contributed by atoms with van der Waals surface area (Å²) in [6.07, 6.45) is -7.79. The summed E-state index contributed by atoms with van der Waals surface area (Å²) in [5.41, 5.74) is 2.19. The second-order valence-electron chi connectivity index (χ2n) is 10.7. The van der Waals surface area contributed by atoms with Crippen LogP contribution in [-0.4, -0.2) is 37.1 Å². The lowest BCUT2D eigenvalue weighted by Crippen LogP contribution is -2.49. The lowest BCUT2D eigenvalue weighted by Gasteiger charge is -2.39. The van der Waals surface area contributed by atoms with Crippen molar-refractivity contribution in [2.75, 3.05) is 20.2 Å². The molecular formula is C32H30F6N2O3. The van der Waals surface area contributed by atoms with Crippen LogP contribution in [-0.2, 0) is 34.7 Å². The average Bonchev–Trinajstić information content (AvgIpc) is 3.45. The number of fused-ring (bicyclic) bond motifs is 1. The number of alkyl halides is 6. The van der Waals surface area contributed by atoms with Crippen molar-refractivity contribution in [1.29, 1.82) is 0 Å². The van der Waals surface area contributed by atoms with Gasteiger partial charge in [0.25, 0.3) is 0 Å². The van der Waals surface area contributed by atoms with Crippen molar-refractivity contribution < 1.29 is 40.6 Å². The van der Waals surface area contributed by atoms with E-state index in [9.17, 15) is 31.1 Å². The van der Waals surface area contributed by atoms with Gasteiger partial charge < -0.3 is 19.7 Å². The minimum atomic E-state index is -4.48. The van der Waals surface area contributed by atoms with E-state index in [-0.39, 0.29) is 6.42 Å². The third-order valence-electron chi connectivity index (χ3n) is 7.71. The average molecular weight is 605 g/mol. The van der Waals surface area contributed by atoms with Gasteiger partial charge in [-0.3, -0.25) is 4.79 Å². The van der Waals surface area contributed by atoms with Gasteiger partial charge in [0.2, 0.25) is 0 Å². The highest BCUT2D eigenvalue weighted by molar-refractivity contribution is 5.73. The van der Waals surface area contributed by atoms with Crippen LogP contribution >= 0.6 is 0 Å². The molecule has 2 heterocycles. The number of nitrogens with zero attached hydrogens (tertiary/aromatic N) is 1. The molecule has 2 aliphatic heterocycles. The van der Waals surface area contributed by atoms with Crippen molar-refractivity contribution in [3.63, 3.8) is 0 Å². The van der Waals surface area contributed by atoms with E-state index < -0.39 is 41.6 Å². The van der Waals surface area contributed by atoms with E-state index >= 15 is 0 Å². The molecule has 0 unspecified atom stereocenters. The summed E-state index contributed by atoms with van der Waals surface area (Å²) in [6.45, 7) is 1.31. The molecule has 0 amide bonds. The van der Waals surface area contributed by atoms with Crippen LogP contribution in [0.15, 0.2) is 84.2 Å². The first-order valence-electron chi connectivity index (χ1n) is 13.8. The molecule has 0 aromatic heterocycles. The normalized spacial score (nSPS) is 17.7. The summed E-state index contributed by atoms with van der Waals surface area (Å²) < 4.78 is 89.4. The SMILES string of the molecule is COc1ccc([C@@H](OC(=O)Cc2ccc(C(F)(F)F)cc2)[C@H]2CN3CCCC3=C(Cc3ccc(C(F)(F)F)cc3)N2)cc1. The number of hydrogen-bond acceptors (Lipinski definition) is 5. The Bertz CT molecular complexity index is 1450. The Kier molecular flexibility index (Phi) is 8.62. The molecule has 2 aliphatic rings. The number of allylic oxidation sites excluding steroid dienone is 2. The Morgan fingerprint density at radius 2 is 1.47 bits per heavy atom. The molecule has 43 heavy (non-hydrogen) atoms. The third-order valence-corrected chi connectivity index (χ3v) is 7.71. The number of rotatable bonds is 8. The van der Waals surface area contributed by atoms with Crippen molar-refractivity contribution in [2.45, 2.75) is 50.2 Å². The predicted octanol–water partition coefficient (Wildman–Crippen LogP) is 7.08. The summed E-state index contributed by atoms with van der Waals surface area (Å²) in [5.74, 6) is 0.00256. The van der Waals surface area contributed by atoms with Gasteiger partial charge in [-0.1, -0.05) is 36.4 Å². The van der Waals surface area contributed by atoms with E-state index in [0.29, 0.717) is 35.4 Å². The molecule has 0 spiro atoms. The molecule has 3 aromatic carbocycles. The number of carbonyl (C=O) groups excluding carboxylic acids is 1. The number of methoxy groups -OCH3 is 1. The first-order chi connectivity index (χ1) is 20.4. The Labute approximate surface area is 245 Å². The summed E-state index contributed by atoms with van der Waals surface area (Å²) in [7, 11) is 1.53. The van der Waals surface area contributed by atoms with Crippen LogP contribution in [0.2, 0.25) is 0 Å². The van der Waals surface area contributed by atoms with Crippen LogP contribution in [0.3, 0.4) is 0 Å². The van der Waals surface area contributed by atoms with Crippen LogP contribution in [0.4, 0.5) is 26.3 Å². The predicted molar refractivity (Wildman–Crippen MR) is 147 cm³/mol. The van der Waals surface area contributed by atoms with E-state index in [0.717, 1.165) is 55.0 Å². The van der Waals surface area contributed by atoms with E-state index in [1.807, 2.05) is 0 Å². The first kappa shape index (κ1) is 30.3. The van der Waals surface area contributed by atoms with Gasteiger partial charge in [0, 0.05) is 30.9 Å². The Hall–Kier alpha value is -4.15. The van der Waals surface area contributed by atoms with Crippen molar-refractivity contribution in [2.24, 2.45) is 0 Å². The van der Waals surface area contributed by atoms with Crippen LogP contribution in [0.25, 0.3) is 0 Å². The quantitative estimate of drug-likeness (QED) is 0.220. The Balaban J connectivity index is 1.38. The minimum Gasteiger partial charge on any atom is -0.497 e. The second kappa shape index (κ2) is 12.2. The first-order valence-corrected chi connectivity index (χ1v) is 13.8. The maximum Gasteiger partial charge on any atom is 0.416 e. The monoisotopic (exact) mass is 604 g/mol. The molecular weight excluding hydrogens is 574 g/mol. The van der Waals surface area contributed by atoms with Gasteiger partial charge in [-0.2, -0.15) is 26.3 Å². The maximum absolute atomic E-state index is 13.1. The van der Waals surface area contributed by atoms with Crippen molar-refractivity contribution in [1.82, 2.24) is 10.2 Å². The largest absolute Gasteiger partial charge is 0.497 e. The molecule has 1 fully saturated rings. The van der Waals surface area contributed by atoms with E-state index in [2.05, 4.69) is 10.2 Å². The summed E-state index contributed by atoms with van der Waals surface area (Å²) in [6, 6.07) is 16.1. The van der Waals surface area contributed by atoms with Gasteiger partial charge in [0.1, 0.15) is 11.9 Å². The number of nitrogens with one attached hydrogen (secondary N) is 1. The zero-order valence-electron chi connectivity index (χ0n) is 23.3. The Morgan fingerprint density at radius 3 is 2.02 bits per heavy atom. The number of esters is 1. The molecule has 1 saturated heterocycles. The van der Waals surface area contributed by atoms with Crippen LogP contribution < -0.4 is 10.1 Å². The van der Waals surface area contributed by atoms with Gasteiger partial charge in [-0.15, -0.1) is 0 Å². The lowest BCUT2D eigenvalue weighted by molar-refractivity contribution is -0.150. The third kappa shape index (κ3) is 7.26. The molecule has 1 N–H and O–H groups in total. The second-order valence-corrected chi connectivity index (χ2v) is 10.7. The van der Waals surface area contributed by atoms with Gasteiger partial charge in [-0.25, -0.2) is 0 Å². The molecule has 0 bridgehead atoms. The van der Waals surface area contributed by atoms with E-state index in [1.54, 1.807) is 24.3 Å². The molecule has 228 valence electrons. The molecule has 5 nitrogen and oxygen atoms in total. The van der Waals surface area contributed by atoms with Crippen molar-refractivity contribution >= 4 is 5.97 Å². The van der Waals surface area contributed by atoms with Crippen molar-refractivity contribution in [3.8, 4) is 5.75 Å². The summed E-state index contributed by atoms with van der Waals surface area (Å²) in [4.78, 5) is 15.4. The minimum absolute atomic E-state index is 0.222. The molecule has 0 saturated carbocycles. The molecule has 3 aromatic rings. The Morgan fingerprint density at radius 1 is 0.884 bits per heavy atom. The number of carbonyl (C=O) groups is 1. The fourth-order valence-electron chi connectivity index (χ4n) is 5.54. The number of hydrogen-bond donors (Lipinski definition) is 1. The highest BCUT2D eigenvalue weighted by Crippen LogP contribution is 2.35. The van der Waals surface area contributed by atoms with Crippen LogP contribution in [0.1, 0.15) is 46.8 Å². The van der Waals surface area contributed by atoms with Crippen molar-refractivity contribution in [3.05, 3.63) is 112 Å². The molecule has 0 radical (unpaired) electrons. The van der Waals surface area contributed by atoms with Gasteiger partial charge in [0.15, 0.2) is 0 Å². The zero-order valence-corrected chi connectivity index (χ0v) is 23.3. The zero-order chi connectivity index (χ0) is 30.8.